The van der Waals surface area contributed by atoms with Crippen LogP contribution in [0.25, 0.3) is 10.1 Å². The van der Waals surface area contributed by atoms with E-state index in [2.05, 4.69) is 18.7 Å². The molecular formula is C16H21ClN2OS. The van der Waals surface area contributed by atoms with Crippen LogP contribution in [-0.4, -0.2) is 28.0 Å². The van der Waals surface area contributed by atoms with E-state index in [0.29, 0.717) is 17.0 Å². The van der Waals surface area contributed by atoms with Crippen molar-refractivity contribution in [1.82, 2.24) is 8.86 Å². The minimum absolute atomic E-state index is 0.137. The van der Waals surface area contributed by atoms with Crippen LogP contribution in [0.5, 0.6) is 0 Å². The average molecular weight is 325 g/mol. The molecule has 2 aromatic rings. The zero-order valence-corrected chi connectivity index (χ0v) is 14.1. The molecular weight excluding hydrogens is 304 g/mol. The third-order valence-corrected chi connectivity index (χ3v) is 5.72. The van der Waals surface area contributed by atoms with Crippen LogP contribution < -0.4 is 5.56 Å². The number of aromatic nitrogens is 1. The van der Waals surface area contributed by atoms with Crippen LogP contribution in [0.2, 0.25) is 5.02 Å². The molecule has 0 unspecified atom stereocenters. The van der Waals surface area contributed by atoms with Crippen LogP contribution >= 0.6 is 23.1 Å². The monoisotopic (exact) mass is 324 g/mol. The van der Waals surface area contributed by atoms with Gasteiger partial charge in [-0.15, -0.1) is 0 Å². The second kappa shape index (κ2) is 6.11. The summed E-state index contributed by atoms with van der Waals surface area (Å²) < 4.78 is 2.91. The van der Waals surface area contributed by atoms with Gasteiger partial charge < -0.3 is 4.90 Å². The highest BCUT2D eigenvalue weighted by atomic mass is 35.5. The maximum Gasteiger partial charge on any atom is 0.268 e. The zero-order valence-electron chi connectivity index (χ0n) is 12.5. The molecule has 0 saturated carbocycles. The van der Waals surface area contributed by atoms with Gasteiger partial charge in [0.05, 0.1) is 10.1 Å². The van der Waals surface area contributed by atoms with Crippen LogP contribution in [0.15, 0.2) is 23.0 Å². The third-order valence-electron chi connectivity index (χ3n) is 4.41. The van der Waals surface area contributed by atoms with Gasteiger partial charge in [-0.1, -0.05) is 23.1 Å². The fourth-order valence-electron chi connectivity index (χ4n) is 3.05. The summed E-state index contributed by atoms with van der Waals surface area (Å²) in [6.45, 7) is 7.64. The summed E-state index contributed by atoms with van der Waals surface area (Å²) in [5.41, 5.74) is 0.137. The van der Waals surface area contributed by atoms with E-state index in [1.807, 2.05) is 16.1 Å². The van der Waals surface area contributed by atoms with E-state index in [1.165, 1.54) is 12.8 Å². The highest BCUT2D eigenvalue weighted by Gasteiger charge is 2.22. The van der Waals surface area contributed by atoms with Gasteiger partial charge in [-0.3, -0.25) is 8.75 Å². The van der Waals surface area contributed by atoms with Crippen molar-refractivity contribution in [2.45, 2.75) is 39.3 Å². The van der Waals surface area contributed by atoms with E-state index in [0.717, 1.165) is 29.7 Å². The van der Waals surface area contributed by atoms with Crippen LogP contribution in [0.1, 0.15) is 26.7 Å². The number of likely N-dealkylation sites (tertiary alicyclic amines) is 1. The number of rotatable bonds is 3. The molecule has 5 heteroatoms. The molecule has 0 atom stereocenters. The third kappa shape index (κ3) is 3.17. The highest BCUT2D eigenvalue weighted by molar-refractivity contribution is 7.13. The topological polar surface area (TPSA) is 25.2 Å². The molecule has 1 aliphatic heterocycles. The Morgan fingerprint density at radius 2 is 2.05 bits per heavy atom. The van der Waals surface area contributed by atoms with Gasteiger partial charge in [0.1, 0.15) is 0 Å². The first-order valence-corrected chi connectivity index (χ1v) is 8.73. The van der Waals surface area contributed by atoms with Gasteiger partial charge in [0, 0.05) is 17.6 Å². The second-order valence-electron chi connectivity index (χ2n) is 6.17. The number of halogens is 1. The second-order valence-corrected chi connectivity index (χ2v) is 7.67. The summed E-state index contributed by atoms with van der Waals surface area (Å²) in [4.78, 5) is 14.9. The van der Waals surface area contributed by atoms with E-state index in [4.69, 9.17) is 11.6 Å². The Morgan fingerprint density at radius 1 is 1.33 bits per heavy atom. The lowest BCUT2D eigenvalue weighted by atomic mass is 9.96. The van der Waals surface area contributed by atoms with E-state index in [-0.39, 0.29) is 5.56 Å². The zero-order chi connectivity index (χ0) is 15.0. The van der Waals surface area contributed by atoms with Crippen molar-refractivity contribution >= 4 is 33.2 Å². The molecule has 21 heavy (non-hydrogen) atoms. The molecule has 1 aliphatic rings. The van der Waals surface area contributed by atoms with E-state index in [9.17, 15) is 4.79 Å². The maximum atomic E-state index is 12.4. The normalized spacial score (nSPS) is 17.9. The Balaban J connectivity index is 1.74. The Morgan fingerprint density at radius 3 is 2.71 bits per heavy atom. The van der Waals surface area contributed by atoms with Crippen molar-refractivity contribution in [2.75, 3.05) is 13.1 Å². The molecule has 0 N–H and O–H groups in total. The molecule has 1 fully saturated rings. The number of fused-ring (bicyclic) bond motifs is 1. The maximum absolute atomic E-state index is 12.4. The van der Waals surface area contributed by atoms with Crippen molar-refractivity contribution in [3.63, 3.8) is 0 Å². The van der Waals surface area contributed by atoms with Crippen LogP contribution in [-0.2, 0) is 6.54 Å². The first-order chi connectivity index (χ1) is 10.0. The summed E-state index contributed by atoms with van der Waals surface area (Å²) in [7, 11) is 0. The van der Waals surface area contributed by atoms with Gasteiger partial charge in [-0.05, 0) is 63.9 Å². The van der Waals surface area contributed by atoms with Crippen molar-refractivity contribution in [2.24, 2.45) is 5.92 Å². The van der Waals surface area contributed by atoms with E-state index < -0.39 is 0 Å². The van der Waals surface area contributed by atoms with E-state index >= 15 is 0 Å². The smallest absolute Gasteiger partial charge is 0.268 e. The van der Waals surface area contributed by atoms with Crippen molar-refractivity contribution < 1.29 is 0 Å². The van der Waals surface area contributed by atoms with Gasteiger partial charge in [-0.2, -0.15) is 0 Å². The number of nitrogens with zero attached hydrogens (tertiary/aromatic N) is 2. The van der Waals surface area contributed by atoms with Gasteiger partial charge in [-0.25, -0.2) is 0 Å². The molecule has 0 bridgehead atoms. The first kappa shape index (κ1) is 15.1. The van der Waals surface area contributed by atoms with E-state index in [1.54, 1.807) is 17.6 Å². The Kier molecular flexibility index (Phi) is 4.38. The van der Waals surface area contributed by atoms with Crippen LogP contribution in [0.3, 0.4) is 0 Å². The molecule has 3 rings (SSSR count). The van der Waals surface area contributed by atoms with Gasteiger partial charge >= 0.3 is 0 Å². The summed E-state index contributed by atoms with van der Waals surface area (Å²) in [6.07, 6.45) is 2.36. The van der Waals surface area contributed by atoms with Crippen LogP contribution in [0.4, 0.5) is 0 Å². The number of piperidine rings is 1. The minimum Gasteiger partial charge on any atom is -0.301 e. The molecule has 114 valence electrons. The number of hydrogen-bond acceptors (Lipinski definition) is 3. The predicted molar refractivity (Wildman–Crippen MR) is 90.5 cm³/mol. The summed E-state index contributed by atoms with van der Waals surface area (Å²) in [6, 6.07) is 6.15. The molecule has 0 aliphatic carbocycles. The summed E-state index contributed by atoms with van der Waals surface area (Å²) in [5.74, 6) is 0.612. The lowest BCUT2D eigenvalue weighted by molar-refractivity contribution is 0.143. The molecule has 0 spiro atoms. The predicted octanol–water partition coefficient (Wildman–Crippen LogP) is 3.84. The Bertz CT molecular complexity index is 683. The quantitative estimate of drug-likeness (QED) is 0.857. The Hall–Kier alpha value is -0.840. The van der Waals surface area contributed by atoms with Gasteiger partial charge in [0.15, 0.2) is 0 Å². The molecule has 0 radical (unpaired) electrons. The average Bonchev–Trinajstić information content (AvgIpc) is 2.75. The molecule has 1 saturated heterocycles. The molecule has 0 amide bonds. The van der Waals surface area contributed by atoms with Crippen molar-refractivity contribution in [3.8, 4) is 0 Å². The Labute approximate surface area is 134 Å². The van der Waals surface area contributed by atoms with Crippen molar-refractivity contribution in [1.29, 1.82) is 0 Å². The molecule has 1 aromatic carbocycles. The number of benzene rings is 1. The SMILES string of the molecule is CC(C)N1CCC(Cn2sc3cc(Cl)ccc3c2=O)CC1. The lowest BCUT2D eigenvalue weighted by Gasteiger charge is -2.34. The standard InChI is InChI=1S/C16H21ClN2OS/c1-11(2)18-7-5-12(6-8-18)10-19-16(20)14-4-3-13(17)9-15(14)21-19/h3-4,9,11-12H,5-8,10H2,1-2H3. The largest absolute Gasteiger partial charge is 0.301 e. The van der Waals surface area contributed by atoms with Gasteiger partial charge in [0.2, 0.25) is 0 Å². The molecule has 3 nitrogen and oxygen atoms in total. The van der Waals surface area contributed by atoms with Crippen LogP contribution in [0, 0.1) is 5.92 Å². The first-order valence-electron chi connectivity index (χ1n) is 7.58. The fraction of sp³-hybridized carbons (Fsp3) is 0.562. The minimum atomic E-state index is 0.137. The molecule has 1 aromatic heterocycles. The van der Waals surface area contributed by atoms with Gasteiger partial charge in [0.25, 0.3) is 5.56 Å². The highest BCUT2D eigenvalue weighted by Crippen LogP contribution is 2.25. The summed E-state index contributed by atoms with van der Waals surface area (Å²) >= 11 is 7.55. The van der Waals surface area contributed by atoms with Crippen molar-refractivity contribution in [3.05, 3.63) is 33.6 Å². The fourth-order valence-corrected chi connectivity index (χ4v) is 4.42. The summed E-state index contributed by atoms with van der Waals surface area (Å²) in [5, 5.41) is 1.49. The molecule has 2 heterocycles. The number of hydrogen-bond donors (Lipinski definition) is 0. The lowest BCUT2D eigenvalue weighted by Crippen LogP contribution is -2.39.